The van der Waals surface area contributed by atoms with Gasteiger partial charge in [0.25, 0.3) is 0 Å². The number of hydrogen-bond acceptors (Lipinski definition) is 3. The number of benzene rings is 1. The van der Waals surface area contributed by atoms with Gasteiger partial charge < -0.3 is 15.4 Å². The van der Waals surface area contributed by atoms with E-state index in [1.807, 2.05) is 18.4 Å². The molecule has 7 heteroatoms. The highest BCUT2D eigenvalue weighted by molar-refractivity contribution is 14.0. The molecule has 0 aliphatic carbocycles. The number of halogens is 2. The maximum atomic E-state index is 13.6. The van der Waals surface area contributed by atoms with Crippen LogP contribution in [0.15, 0.2) is 40.0 Å². The van der Waals surface area contributed by atoms with Crippen molar-refractivity contribution in [1.29, 1.82) is 0 Å². The Morgan fingerprint density at radius 2 is 2.08 bits per heavy atom. The molecule has 1 aromatic heterocycles. The minimum atomic E-state index is -0.242. The van der Waals surface area contributed by atoms with Gasteiger partial charge >= 0.3 is 0 Å². The molecule has 2 aromatic rings. The van der Waals surface area contributed by atoms with Gasteiger partial charge in [-0.3, -0.25) is 0 Å². The van der Waals surface area contributed by atoms with Crippen LogP contribution in [-0.4, -0.2) is 19.6 Å². The predicted molar refractivity (Wildman–Crippen MR) is 109 cm³/mol. The van der Waals surface area contributed by atoms with Gasteiger partial charge in [-0.25, -0.2) is 9.38 Å². The van der Waals surface area contributed by atoms with Gasteiger partial charge in [-0.1, -0.05) is 6.07 Å². The molecule has 2 rings (SSSR count). The molecule has 2 N–H and O–H groups in total. The lowest BCUT2D eigenvalue weighted by molar-refractivity contribution is 0.181. The van der Waals surface area contributed by atoms with E-state index in [-0.39, 0.29) is 36.4 Å². The molecule has 0 aliphatic heterocycles. The van der Waals surface area contributed by atoms with Crippen LogP contribution in [-0.2, 0) is 24.4 Å². The number of hydrogen-bond donors (Lipinski definition) is 2. The standard InChI is InChI=1S/C17H22FN3OS.HI/c1-3-19-17(21-10-14-6-7-23-12-14)20-9-13-4-5-16(18)15(8-13)11-22-2;/h4-8,12H,3,9-11H2,1-2H3,(H2,19,20,21);1H. The second kappa shape index (κ2) is 11.4. The van der Waals surface area contributed by atoms with Crippen molar-refractivity contribution >= 4 is 41.3 Å². The van der Waals surface area contributed by atoms with Crippen LogP contribution in [0.5, 0.6) is 0 Å². The molecule has 4 nitrogen and oxygen atoms in total. The van der Waals surface area contributed by atoms with Crippen LogP contribution in [0.4, 0.5) is 4.39 Å². The van der Waals surface area contributed by atoms with Crippen molar-refractivity contribution in [3.05, 3.63) is 57.5 Å². The van der Waals surface area contributed by atoms with Crippen LogP contribution >= 0.6 is 35.3 Å². The van der Waals surface area contributed by atoms with Crippen molar-refractivity contribution in [2.45, 2.75) is 26.6 Å². The summed E-state index contributed by atoms with van der Waals surface area (Å²) in [6, 6.07) is 7.12. The largest absolute Gasteiger partial charge is 0.380 e. The van der Waals surface area contributed by atoms with Gasteiger partial charge in [0, 0.05) is 25.8 Å². The van der Waals surface area contributed by atoms with Crippen LogP contribution in [0, 0.1) is 5.82 Å². The Bertz CT molecular complexity index is 635. The van der Waals surface area contributed by atoms with Crippen molar-refractivity contribution in [2.75, 3.05) is 13.7 Å². The summed E-state index contributed by atoms with van der Waals surface area (Å²) in [5.41, 5.74) is 2.74. The van der Waals surface area contributed by atoms with Crippen molar-refractivity contribution in [3.63, 3.8) is 0 Å². The average Bonchev–Trinajstić information content (AvgIpc) is 3.06. The number of methoxy groups -OCH3 is 1. The SMILES string of the molecule is CCNC(=NCc1ccsc1)NCc1ccc(F)c(COC)c1.I. The summed E-state index contributed by atoms with van der Waals surface area (Å²) in [6.07, 6.45) is 0. The Labute approximate surface area is 163 Å². The molecule has 0 unspecified atom stereocenters. The first-order valence-electron chi connectivity index (χ1n) is 7.52. The van der Waals surface area contributed by atoms with Crippen LogP contribution < -0.4 is 10.6 Å². The van der Waals surface area contributed by atoms with Gasteiger partial charge in [0.15, 0.2) is 5.96 Å². The topological polar surface area (TPSA) is 45.7 Å². The number of nitrogens with one attached hydrogen (secondary N) is 2. The molecule has 1 aromatic carbocycles. The molecule has 0 amide bonds. The number of nitrogens with zero attached hydrogens (tertiary/aromatic N) is 1. The Kier molecular flexibility index (Phi) is 9.89. The molecule has 132 valence electrons. The zero-order valence-electron chi connectivity index (χ0n) is 13.8. The summed E-state index contributed by atoms with van der Waals surface area (Å²) in [5, 5.41) is 10.6. The molecular formula is C17H23FIN3OS. The summed E-state index contributed by atoms with van der Waals surface area (Å²) < 4.78 is 18.6. The van der Waals surface area contributed by atoms with Gasteiger partial charge in [0.1, 0.15) is 5.82 Å². The van der Waals surface area contributed by atoms with Gasteiger partial charge in [0.2, 0.25) is 0 Å². The zero-order chi connectivity index (χ0) is 16.5. The third kappa shape index (κ3) is 6.74. The highest BCUT2D eigenvalue weighted by atomic mass is 127. The van der Waals surface area contributed by atoms with Gasteiger partial charge in [-0.15, -0.1) is 24.0 Å². The predicted octanol–water partition coefficient (Wildman–Crippen LogP) is 3.91. The Balaban J connectivity index is 0.00000288. The summed E-state index contributed by atoms with van der Waals surface area (Å²) in [6.45, 7) is 4.29. The quantitative estimate of drug-likeness (QED) is 0.372. The van der Waals surface area contributed by atoms with E-state index < -0.39 is 0 Å². The van der Waals surface area contributed by atoms with Gasteiger partial charge in [-0.2, -0.15) is 11.3 Å². The van der Waals surface area contributed by atoms with Crippen molar-refractivity contribution in [2.24, 2.45) is 4.99 Å². The summed E-state index contributed by atoms with van der Waals surface area (Å²) in [5.74, 6) is 0.505. The molecule has 24 heavy (non-hydrogen) atoms. The second-order valence-corrected chi connectivity index (χ2v) is 5.82. The van der Waals surface area contributed by atoms with E-state index in [1.54, 1.807) is 24.5 Å². The smallest absolute Gasteiger partial charge is 0.191 e. The third-order valence-corrected chi connectivity index (χ3v) is 3.95. The molecule has 0 saturated heterocycles. The van der Waals surface area contributed by atoms with Crippen LogP contribution in [0.3, 0.4) is 0 Å². The Morgan fingerprint density at radius 3 is 2.75 bits per heavy atom. The maximum absolute atomic E-state index is 13.6. The first-order chi connectivity index (χ1) is 11.2. The molecule has 1 heterocycles. The number of ether oxygens (including phenoxy) is 1. The molecule has 0 saturated carbocycles. The van der Waals surface area contributed by atoms with E-state index in [4.69, 9.17) is 4.74 Å². The second-order valence-electron chi connectivity index (χ2n) is 5.04. The molecular weight excluding hydrogens is 440 g/mol. The number of aliphatic imine (C=N–C) groups is 1. The zero-order valence-corrected chi connectivity index (χ0v) is 17.0. The molecule has 0 radical (unpaired) electrons. The maximum Gasteiger partial charge on any atom is 0.191 e. The lowest BCUT2D eigenvalue weighted by atomic mass is 10.1. The Hall–Kier alpha value is -1.19. The van der Waals surface area contributed by atoms with E-state index >= 15 is 0 Å². The first kappa shape index (κ1) is 20.9. The normalized spacial score (nSPS) is 11.0. The van der Waals surface area contributed by atoms with Crippen LogP contribution in [0.25, 0.3) is 0 Å². The average molecular weight is 463 g/mol. The van der Waals surface area contributed by atoms with Crippen molar-refractivity contribution in [1.82, 2.24) is 10.6 Å². The molecule has 0 bridgehead atoms. The van der Waals surface area contributed by atoms with Crippen LogP contribution in [0.1, 0.15) is 23.6 Å². The third-order valence-electron chi connectivity index (χ3n) is 3.21. The highest BCUT2D eigenvalue weighted by Crippen LogP contribution is 2.12. The molecule has 0 spiro atoms. The minimum absolute atomic E-state index is 0. The number of guanidine groups is 1. The molecule has 0 aliphatic rings. The Morgan fingerprint density at radius 1 is 1.25 bits per heavy atom. The van der Waals surface area contributed by atoms with E-state index in [0.717, 1.165) is 18.1 Å². The lowest BCUT2D eigenvalue weighted by Crippen LogP contribution is -2.36. The van der Waals surface area contributed by atoms with E-state index in [2.05, 4.69) is 27.1 Å². The number of rotatable bonds is 7. The summed E-state index contributed by atoms with van der Waals surface area (Å²) in [7, 11) is 1.56. The fourth-order valence-corrected chi connectivity index (χ4v) is 2.74. The fraction of sp³-hybridized carbons (Fsp3) is 0.353. The summed E-state index contributed by atoms with van der Waals surface area (Å²) >= 11 is 1.66. The highest BCUT2D eigenvalue weighted by Gasteiger charge is 2.04. The van der Waals surface area contributed by atoms with Crippen LogP contribution in [0.2, 0.25) is 0 Å². The minimum Gasteiger partial charge on any atom is -0.380 e. The fourth-order valence-electron chi connectivity index (χ4n) is 2.08. The monoisotopic (exact) mass is 463 g/mol. The molecule has 0 fully saturated rings. The van der Waals surface area contributed by atoms with E-state index in [0.29, 0.717) is 18.7 Å². The van der Waals surface area contributed by atoms with Crippen molar-refractivity contribution < 1.29 is 9.13 Å². The van der Waals surface area contributed by atoms with E-state index in [9.17, 15) is 4.39 Å². The van der Waals surface area contributed by atoms with Crippen molar-refractivity contribution in [3.8, 4) is 0 Å². The van der Waals surface area contributed by atoms with Gasteiger partial charge in [-0.05, 0) is 47.0 Å². The summed E-state index contributed by atoms with van der Waals surface area (Å²) in [4.78, 5) is 4.55. The number of thiophene rings is 1. The lowest BCUT2D eigenvalue weighted by Gasteiger charge is -2.12. The van der Waals surface area contributed by atoms with E-state index in [1.165, 1.54) is 11.6 Å². The first-order valence-corrected chi connectivity index (χ1v) is 8.46. The molecule has 0 atom stereocenters. The van der Waals surface area contributed by atoms with Gasteiger partial charge in [0.05, 0.1) is 13.2 Å².